The monoisotopic (exact) mass is 327 g/mol. The minimum absolute atomic E-state index is 0.170. The lowest BCUT2D eigenvalue weighted by Gasteiger charge is -2.09. The molecule has 0 spiro atoms. The van der Waals surface area contributed by atoms with E-state index in [2.05, 4.69) is 10.3 Å². The Morgan fingerprint density at radius 2 is 1.38 bits per heavy atom. The third-order valence-corrected chi connectivity index (χ3v) is 3.27. The average Bonchev–Trinajstić information content (AvgIpc) is 2.76. The number of nitrogens with one attached hydrogen (secondary N) is 1. The molecule has 0 bridgehead atoms. The van der Waals surface area contributed by atoms with Crippen molar-refractivity contribution in [3.05, 3.63) is 86.0 Å². The molecule has 3 rings (SSSR count). The standard InChI is InChI=1S/C17H10F2N2O3/c18-9-1-5-11(6-2-9)20-13-15(22)14(17(24)16(13)23)21-12-7-3-10(19)4-8-12/h1-8,20,22H/p-1. The zero-order valence-corrected chi connectivity index (χ0v) is 12.0. The second-order valence-corrected chi connectivity index (χ2v) is 4.93. The van der Waals surface area contributed by atoms with Crippen molar-refractivity contribution < 1.29 is 13.9 Å². The van der Waals surface area contributed by atoms with Crippen molar-refractivity contribution in [1.29, 1.82) is 0 Å². The predicted octanol–water partition coefficient (Wildman–Crippen LogP) is 1.61. The molecule has 0 amide bonds. The molecule has 3 aromatic carbocycles. The van der Waals surface area contributed by atoms with Gasteiger partial charge in [-0.05, 0) is 54.3 Å². The van der Waals surface area contributed by atoms with E-state index in [0.29, 0.717) is 0 Å². The van der Waals surface area contributed by atoms with Gasteiger partial charge in [-0.3, -0.25) is 9.59 Å². The van der Waals surface area contributed by atoms with Gasteiger partial charge < -0.3 is 10.4 Å². The normalized spacial score (nSPS) is 11.7. The molecular formula is C17H9F2N2O3-. The van der Waals surface area contributed by atoms with Crippen LogP contribution >= 0.6 is 0 Å². The van der Waals surface area contributed by atoms with Crippen molar-refractivity contribution in [1.82, 2.24) is 0 Å². The number of benzene rings is 2. The van der Waals surface area contributed by atoms with E-state index in [0.717, 1.165) is 24.3 Å². The van der Waals surface area contributed by atoms with E-state index >= 15 is 0 Å². The summed E-state index contributed by atoms with van der Waals surface area (Å²) in [6.45, 7) is 0. The number of nitrogens with zero attached hydrogens (tertiary/aromatic N) is 1. The van der Waals surface area contributed by atoms with Crippen LogP contribution in [-0.4, -0.2) is 0 Å². The molecule has 0 unspecified atom stereocenters. The zero-order chi connectivity index (χ0) is 17.3. The van der Waals surface area contributed by atoms with Crippen molar-refractivity contribution in [2.24, 2.45) is 4.99 Å². The molecule has 0 heterocycles. The van der Waals surface area contributed by atoms with Gasteiger partial charge >= 0.3 is 0 Å². The highest BCUT2D eigenvalue weighted by molar-refractivity contribution is 5.66. The van der Waals surface area contributed by atoms with E-state index in [9.17, 15) is 23.5 Å². The van der Waals surface area contributed by atoms with Gasteiger partial charge in [0.15, 0.2) is 0 Å². The van der Waals surface area contributed by atoms with E-state index < -0.39 is 39.3 Å². The highest BCUT2D eigenvalue weighted by Gasteiger charge is 2.12. The fraction of sp³-hybridized carbons (Fsp3) is 0. The maximum Gasteiger partial charge on any atom is 0.252 e. The lowest BCUT2D eigenvalue weighted by atomic mass is 10.3. The number of rotatable bonds is 3. The van der Waals surface area contributed by atoms with Crippen molar-refractivity contribution >= 4 is 17.1 Å². The summed E-state index contributed by atoms with van der Waals surface area (Å²) in [6, 6.07) is 9.71. The van der Waals surface area contributed by atoms with Crippen LogP contribution in [0.2, 0.25) is 0 Å². The van der Waals surface area contributed by atoms with Crippen LogP contribution in [0.5, 0.6) is 5.75 Å². The number of hydrogen-bond donors (Lipinski definition) is 1. The van der Waals surface area contributed by atoms with E-state index in [1.165, 1.54) is 24.3 Å². The Kier molecular flexibility index (Phi) is 3.91. The minimum Gasteiger partial charge on any atom is -0.869 e. The lowest BCUT2D eigenvalue weighted by Crippen LogP contribution is -2.31. The van der Waals surface area contributed by atoms with Crippen LogP contribution in [0.1, 0.15) is 0 Å². The SMILES string of the molecule is O=c1c(Nc2ccc(F)cc2)c([O-])c(=Nc2ccc(F)cc2)c1=O. The van der Waals surface area contributed by atoms with Gasteiger partial charge in [-0.15, -0.1) is 0 Å². The third-order valence-electron chi connectivity index (χ3n) is 3.27. The molecular weight excluding hydrogens is 318 g/mol. The maximum atomic E-state index is 12.9. The van der Waals surface area contributed by atoms with Crippen LogP contribution in [0.4, 0.5) is 25.8 Å². The Morgan fingerprint density at radius 1 is 0.833 bits per heavy atom. The number of hydrogen-bond acceptors (Lipinski definition) is 5. The first-order valence-corrected chi connectivity index (χ1v) is 6.83. The molecule has 0 radical (unpaired) electrons. The molecule has 0 aliphatic rings. The Balaban J connectivity index is 2.07. The van der Waals surface area contributed by atoms with Crippen LogP contribution < -0.4 is 26.6 Å². The van der Waals surface area contributed by atoms with Gasteiger partial charge in [-0.25, -0.2) is 13.8 Å². The van der Waals surface area contributed by atoms with Crippen LogP contribution in [0, 0.1) is 11.6 Å². The Hall–Kier alpha value is -3.35. The van der Waals surface area contributed by atoms with Crippen LogP contribution in [-0.2, 0) is 0 Å². The van der Waals surface area contributed by atoms with Gasteiger partial charge in [-0.2, -0.15) is 0 Å². The Labute approximate surface area is 133 Å². The Bertz CT molecular complexity index is 1040. The Morgan fingerprint density at radius 3 is 1.96 bits per heavy atom. The van der Waals surface area contributed by atoms with E-state index in [1.807, 2.05) is 0 Å². The number of halogens is 2. The fourth-order valence-electron chi connectivity index (χ4n) is 2.08. The first-order chi connectivity index (χ1) is 11.5. The lowest BCUT2D eigenvalue weighted by molar-refractivity contribution is -0.268. The van der Waals surface area contributed by atoms with Crippen molar-refractivity contribution in [3.8, 4) is 5.75 Å². The highest BCUT2D eigenvalue weighted by Crippen LogP contribution is 2.18. The molecule has 5 nitrogen and oxygen atoms in total. The molecule has 7 heteroatoms. The quantitative estimate of drug-likeness (QED) is 0.741. The van der Waals surface area contributed by atoms with E-state index in [1.54, 1.807) is 0 Å². The summed E-state index contributed by atoms with van der Waals surface area (Å²) in [5, 5.41) is 14.2. The topological polar surface area (TPSA) is 81.6 Å². The molecule has 0 saturated heterocycles. The van der Waals surface area contributed by atoms with Gasteiger partial charge in [0.1, 0.15) is 17.0 Å². The van der Waals surface area contributed by atoms with Gasteiger partial charge in [0, 0.05) is 5.69 Å². The summed E-state index contributed by atoms with van der Waals surface area (Å²) >= 11 is 0. The largest absolute Gasteiger partial charge is 0.869 e. The smallest absolute Gasteiger partial charge is 0.252 e. The average molecular weight is 327 g/mol. The number of anilines is 2. The van der Waals surface area contributed by atoms with E-state index in [-0.39, 0.29) is 11.4 Å². The molecule has 24 heavy (non-hydrogen) atoms. The van der Waals surface area contributed by atoms with Gasteiger partial charge in [0.05, 0.1) is 11.4 Å². The van der Waals surface area contributed by atoms with Gasteiger partial charge in [0.2, 0.25) is 0 Å². The third kappa shape index (κ3) is 2.91. The first kappa shape index (κ1) is 15.5. The van der Waals surface area contributed by atoms with Crippen LogP contribution in [0.3, 0.4) is 0 Å². The second-order valence-electron chi connectivity index (χ2n) is 4.93. The maximum absolute atomic E-state index is 12.9. The zero-order valence-electron chi connectivity index (χ0n) is 12.0. The summed E-state index contributed by atoms with van der Waals surface area (Å²) < 4.78 is 25.8. The molecule has 0 fully saturated rings. The molecule has 120 valence electrons. The van der Waals surface area contributed by atoms with Gasteiger partial charge in [0.25, 0.3) is 10.9 Å². The molecule has 3 aromatic rings. The molecule has 0 saturated carbocycles. The van der Waals surface area contributed by atoms with E-state index in [4.69, 9.17) is 0 Å². The summed E-state index contributed by atoms with van der Waals surface area (Å²) in [6.07, 6.45) is 0. The minimum atomic E-state index is -1.05. The van der Waals surface area contributed by atoms with Crippen LogP contribution in [0.15, 0.2) is 63.1 Å². The highest BCUT2D eigenvalue weighted by atomic mass is 19.1. The first-order valence-electron chi connectivity index (χ1n) is 6.83. The molecule has 0 aliphatic heterocycles. The van der Waals surface area contributed by atoms with Crippen molar-refractivity contribution in [2.75, 3.05) is 5.32 Å². The molecule has 0 atom stereocenters. The fourth-order valence-corrected chi connectivity index (χ4v) is 2.08. The summed E-state index contributed by atoms with van der Waals surface area (Å²) in [7, 11) is 0. The molecule has 0 aromatic heterocycles. The summed E-state index contributed by atoms with van der Waals surface area (Å²) in [5.74, 6) is -1.84. The summed E-state index contributed by atoms with van der Waals surface area (Å²) in [4.78, 5) is 27.7. The van der Waals surface area contributed by atoms with Crippen LogP contribution in [0.25, 0.3) is 0 Å². The predicted molar refractivity (Wildman–Crippen MR) is 82.1 cm³/mol. The second kappa shape index (κ2) is 6.04. The van der Waals surface area contributed by atoms with Crippen molar-refractivity contribution in [2.45, 2.75) is 0 Å². The molecule has 0 aliphatic carbocycles. The summed E-state index contributed by atoms with van der Waals surface area (Å²) in [5.41, 5.74) is -2.07. The van der Waals surface area contributed by atoms with Crippen molar-refractivity contribution in [3.63, 3.8) is 0 Å². The van der Waals surface area contributed by atoms with Gasteiger partial charge in [-0.1, -0.05) is 0 Å². The molecule has 1 N–H and O–H groups in total.